The molecule has 0 aliphatic carbocycles. The predicted molar refractivity (Wildman–Crippen MR) is 121 cm³/mol. The van der Waals surface area contributed by atoms with Crippen LogP contribution in [0.1, 0.15) is 46.2 Å². The third-order valence-electron chi connectivity index (χ3n) is 4.88. The number of aliphatic imine (C=N–C) groups is 1. The van der Waals surface area contributed by atoms with Gasteiger partial charge >= 0.3 is 0 Å². The van der Waals surface area contributed by atoms with E-state index in [9.17, 15) is 0 Å². The molecule has 1 unspecified atom stereocenters. The van der Waals surface area contributed by atoms with E-state index in [4.69, 9.17) is 4.99 Å². The molecule has 26 heavy (non-hydrogen) atoms. The molecule has 0 spiro atoms. The lowest BCUT2D eigenvalue weighted by Crippen LogP contribution is -2.51. The molecule has 1 atom stereocenters. The molecule has 0 saturated carbocycles. The van der Waals surface area contributed by atoms with Crippen LogP contribution in [0.15, 0.2) is 29.4 Å². The van der Waals surface area contributed by atoms with E-state index in [0.717, 1.165) is 43.6 Å². The minimum absolute atomic E-state index is 0. The summed E-state index contributed by atoms with van der Waals surface area (Å²) in [6.45, 7) is 14.0. The average Bonchev–Trinajstić information content (AvgIpc) is 2.61. The van der Waals surface area contributed by atoms with Gasteiger partial charge in [-0.2, -0.15) is 0 Å². The van der Waals surface area contributed by atoms with Crippen molar-refractivity contribution in [1.82, 2.24) is 20.5 Å². The van der Waals surface area contributed by atoms with Gasteiger partial charge in [0.2, 0.25) is 0 Å². The first kappa shape index (κ1) is 23.1. The van der Waals surface area contributed by atoms with Crippen molar-refractivity contribution in [3.05, 3.63) is 30.1 Å². The second-order valence-electron chi connectivity index (χ2n) is 7.70. The predicted octanol–water partition coefficient (Wildman–Crippen LogP) is 3.31. The minimum Gasteiger partial charge on any atom is -0.357 e. The first-order valence-corrected chi connectivity index (χ1v) is 9.68. The van der Waals surface area contributed by atoms with Crippen molar-refractivity contribution < 1.29 is 0 Å². The Morgan fingerprint density at radius 3 is 2.81 bits per heavy atom. The highest BCUT2D eigenvalue weighted by Gasteiger charge is 2.29. The summed E-state index contributed by atoms with van der Waals surface area (Å²) >= 11 is 0. The fourth-order valence-corrected chi connectivity index (χ4v) is 3.31. The summed E-state index contributed by atoms with van der Waals surface area (Å²) in [7, 11) is 0. The van der Waals surface area contributed by atoms with Crippen LogP contribution >= 0.6 is 24.0 Å². The zero-order valence-electron chi connectivity index (χ0n) is 16.8. The quantitative estimate of drug-likeness (QED) is 0.363. The van der Waals surface area contributed by atoms with Gasteiger partial charge < -0.3 is 10.6 Å². The van der Waals surface area contributed by atoms with Crippen LogP contribution in [0, 0.1) is 5.92 Å². The van der Waals surface area contributed by atoms with Crippen molar-refractivity contribution in [2.24, 2.45) is 10.9 Å². The molecule has 5 nitrogen and oxygen atoms in total. The largest absolute Gasteiger partial charge is 0.357 e. The van der Waals surface area contributed by atoms with Crippen molar-refractivity contribution in [3.63, 3.8) is 0 Å². The molecule has 0 amide bonds. The topological polar surface area (TPSA) is 52.6 Å². The molecule has 148 valence electrons. The Bertz CT molecular complexity index is 532. The van der Waals surface area contributed by atoms with Gasteiger partial charge in [-0.15, -0.1) is 24.0 Å². The summed E-state index contributed by atoms with van der Waals surface area (Å²) in [6.07, 6.45) is 5.40. The van der Waals surface area contributed by atoms with E-state index >= 15 is 0 Å². The molecule has 1 saturated heterocycles. The Labute approximate surface area is 176 Å². The van der Waals surface area contributed by atoms with Crippen LogP contribution in [0.3, 0.4) is 0 Å². The van der Waals surface area contributed by atoms with Gasteiger partial charge in [-0.05, 0) is 58.2 Å². The lowest BCUT2D eigenvalue weighted by Gasteiger charge is -2.42. The maximum absolute atomic E-state index is 4.85. The lowest BCUT2D eigenvalue weighted by atomic mass is 9.94. The highest BCUT2D eigenvalue weighted by molar-refractivity contribution is 14.0. The molecule has 1 aliphatic heterocycles. The van der Waals surface area contributed by atoms with Crippen molar-refractivity contribution >= 4 is 29.9 Å². The highest BCUT2D eigenvalue weighted by atomic mass is 127. The van der Waals surface area contributed by atoms with E-state index in [1.54, 1.807) is 0 Å². The molecular weight excluding hydrogens is 437 g/mol. The van der Waals surface area contributed by atoms with Crippen LogP contribution in [0.4, 0.5) is 0 Å². The van der Waals surface area contributed by atoms with Gasteiger partial charge in [0, 0.05) is 43.5 Å². The number of hydrogen-bond donors (Lipinski definition) is 2. The zero-order chi connectivity index (χ0) is 18.1. The van der Waals surface area contributed by atoms with Crippen LogP contribution in [0.2, 0.25) is 0 Å². The third kappa shape index (κ3) is 7.78. The van der Waals surface area contributed by atoms with E-state index in [1.807, 2.05) is 18.3 Å². The second kappa shape index (κ2) is 11.7. The first-order chi connectivity index (χ1) is 12.0. The number of halogens is 1. The molecule has 2 heterocycles. The first-order valence-electron chi connectivity index (χ1n) is 9.68. The van der Waals surface area contributed by atoms with Gasteiger partial charge in [0.25, 0.3) is 0 Å². The number of nitrogens with one attached hydrogen (secondary N) is 2. The molecule has 1 aromatic heterocycles. The van der Waals surface area contributed by atoms with Gasteiger partial charge in [-0.1, -0.05) is 13.0 Å². The summed E-state index contributed by atoms with van der Waals surface area (Å²) in [6, 6.07) is 6.04. The maximum Gasteiger partial charge on any atom is 0.191 e. The fraction of sp³-hybridized carbons (Fsp3) is 0.700. The number of hydrogen-bond acceptors (Lipinski definition) is 3. The normalized spacial score (nSPS) is 18.9. The van der Waals surface area contributed by atoms with E-state index in [1.165, 1.54) is 25.9 Å². The second-order valence-corrected chi connectivity index (χ2v) is 7.70. The van der Waals surface area contributed by atoms with Gasteiger partial charge in [0.05, 0.1) is 6.54 Å². The number of nitrogens with zero attached hydrogens (tertiary/aromatic N) is 3. The Morgan fingerprint density at radius 1 is 1.35 bits per heavy atom. The molecule has 0 aromatic carbocycles. The summed E-state index contributed by atoms with van der Waals surface area (Å²) in [5.74, 6) is 1.69. The van der Waals surface area contributed by atoms with Gasteiger partial charge in [-0.25, -0.2) is 0 Å². The van der Waals surface area contributed by atoms with Crippen LogP contribution in [-0.4, -0.2) is 54.1 Å². The van der Waals surface area contributed by atoms with Gasteiger partial charge in [0.15, 0.2) is 5.96 Å². The SMILES string of the molecule is CCNC(=NCC(C)(C)N1CCCC(C)C1)NCCc1ccccn1.I. The monoisotopic (exact) mass is 473 g/mol. The van der Waals surface area contributed by atoms with Crippen molar-refractivity contribution in [1.29, 1.82) is 0 Å². The molecule has 1 fully saturated rings. The van der Waals surface area contributed by atoms with Gasteiger partial charge in [0.1, 0.15) is 0 Å². The highest BCUT2D eigenvalue weighted by Crippen LogP contribution is 2.24. The molecule has 6 heteroatoms. The smallest absolute Gasteiger partial charge is 0.191 e. The minimum atomic E-state index is 0. The summed E-state index contributed by atoms with van der Waals surface area (Å²) in [4.78, 5) is 11.8. The van der Waals surface area contributed by atoms with Crippen LogP contribution < -0.4 is 10.6 Å². The molecular formula is C20H36IN5. The summed E-state index contributed by atoms with van der Waals surface area (Å²) < 4.78 is 0. The summed E-state index contributed by atoms with van der Waals surface area (Å²) in [5, 5.41) is 6.79. The van der Waals surface area contributed by atoms with E-state index < -0.39 is 0 Å². The maximum atomic E-state index is 4.85. The Morgan fingerprint density at radius 2 is 2.15 bits per heavy atom. The molecule has 1 aromatic rings. The molecule has 2 rings (SSSR count). The van der Waals surface area contributed by atoms with Crippen molar-refractivity contribution in [2.75, 3.05) is 32.7 Å². The Hall–Kier alpha value is -0.890. The molecule has 2 N–H and O–H groups in total. The lowest BCUT2D eigenvalue weighted by molar-refractivity contribution is 0.0774. The van der Waals surface area contributed by atoms with E-state index in [2.05, 4.69) is 54.3 Å². The number of piperidine rings is 1. The van der Waals surface area contributed by atoms with E-state index in [0.29, 0.717) is 0 Å². The van der Waals surface area contributed by atoms with Crippen LogP contribution in [0.5, 0.6) is 0 Å². The molecule has 0 bridgehead atoms. The van der Waals surface area contributed by atoms with Crippen LogP contribution in [0.25, 0.3) is 0 Å². The van der Waals surface area contributed by atoms with Crippen LogP contribution in [-0.2, 0) is 6.42 Å². The van der Waals surface area contributed by atoms with Crippen molar-refractivity contribution in [2.45, 2.75) is 52.5 Å². The number of rotatable bonds is 7. The number of pyridine rings is 1. The molecule has 1 aliphatic rings. The fourth-order valence-electron chi connectivity index (χ4n) is 3.31. The molecule has 0 radical (unpaired) electrons. The Kier molecular flexibility index (Phi) is 10.5. The Balaban J connectivity index is 0.00000338. The summed E-state index contributed by atoms with van der Waals surface area (Å²) in [5.41, 5.74) is 1.20. The standard InChI is InChI=1S/C20H35N5.HI/c1-5-21-19(23-13-11-18-10-6-7-12-22-18)24-16-20(3,4)25-14-8-9-17(2)15-25;/h6-7,10,12,17H,5,8-9,11,13-16H2,1-4H3,(H2,21,23,24);1H. The third-order valence-corrected chi connectivity index (χ3v) is 4.88. The average molecular weight is 473 g/mol. The number of aromatic nitrogens is 1. The van der Waals surface area contributed by atoms with E-state index in [-0.39, 0.29) is 29.5 Å². The number of guanidine groups is 1. The number of likely N-dealkylation sites (tertiary alicyclic amines) is 1. The van der Waals surface area contributed by atoms with Crippen molar-refractivity contribution in [3.8, 4) is 0 Å². The zero-order valence-corrected chi connectivity index (χ0v) is 19.1. The van der Waals surface area contributed by atoms with Gasteiger partial charge in [-0.3, -0.25) is 14.9 Å².